The number of fused-ring (bicyclic) bond motifs is 1. The van der Waals surface area contributed by atoms with Gasteiger partial charge in [-0.3, -0.25) is 14.2 Å². The fourth-order valence-corrected chi connectivity index (χ4v) is 3.13. The van der Waals surface area contributed by atoms with Crippen molar-refractivity contribution in [3.8, 4) is 0 Å². The quantitative estimate of drug-likeness (QED) is 0.530. The van der Waals surface area contributed by atoms with E-state index in [4.69, 9.17) is 0 Å². The first-order valence-electron chi connectivity index (χ1n) is 9.21. The third-order valence-electron chi connectivity index (χ3n) is 4.62. The van der Waals surface area contributed by atoms with Gasteiger partial charge in [0.15, 0.2) is 5.65 Å². The smallest absolute Gasteiger partial charge is 0.264 e. The minimum absolute atomic E-state index is 0.0537. The second kappa shape index (κ2) is 8.24. The molecule has 0 saturated heterocycles. The molecule has 9 heteroatoms. The first-order valence-corrected chi connectivity index (χ1v) is 9.21. The number of nitrogens with one attached hydrogen (secondary N) is 1. The molecule has 152 valence electrons. The summed E-state index contributed by atoms with van der Waals surface area (Å²) in [7, 11) is 0. The lowest BCUT2D eigenvalue weighted by Crippen LogP contribution is -2.29. The van der Waals surface area contributed by atoms with Crippen molar-refractivity contribution in [2.45, 2.75) is 13.1 Å². The highest BCUT2D eigenvalue weighted by Crippen LogP contribution is 2.12. The maximum atomic E-state index is 13.7. The standard InChI is InChI=1S/C21H17F2N5O2/c22-16-7-4-8-17(23)18(16)20(29)24-9-10-28-19-15(11-26-28)21(30)27(13-25-19)12-14-5-2-1-3-6-14/h1-8,11,13H,9-10,12H2,(H,24,29). The van der Waals surface area contributed by atoms with E-state index in [0.29, 0.717) is 17.6 Å². The van der Waals surface area contributed by atoms with Gasteiger partial charge in [-0.15, -0.1) is 0 Å². The van der Waals surface area contributed by atoms with E-state index < -0.39 is 23.1 Å². The number of benzene rings is 2. The molecule has 0 aliphatic rings. The van der Waals surface area contributed by atoms with Crippen LogP contribution in [0, 0.1) is 11.6 Å². The lowest BCUT2D eigenvalue weighted by molar-refractivity contribution is 0.0943. The van der Waals surface area contributed by atoms with Crippen LogP contribution in [-0.2, 0) is 13.1 Å². The number of carbonyl (C=O) groups excluding carboxylic acids is 1. The summed E-state index contributed by atoms with van der Waals surface area (Å²) in [5.74, 6) is -2.73. The molecule has 0 aliphatic carbocycles. The molecule has 2 aromatic heterocycles. The summed E-state index contributed by atoms with van der Waals surface area (Å²) in [6, 6.07) is 12.7. The summed E-state index contributed by atoms with van der Waals surface area (Å²) in [5, 5.41) is 6.95. The van der Waals surface area contributed by atoms with E-state index in [1.807, 2.05) is 30.3 Å². The zero-order valence-corrected chi connectivity index (χ0v) is 15.8. The number of hydrogen-bond acceptors (Lipinski definition) is 4. The molecule has 0 spiro atoms. The van der Waals surface area contributed by atoms with Gasteiger partial charge in [-0.1, -0.05) is 36.4 Å². The van der Waals surface area contributed by atoms with E-state index in [2.05, 4.69) is 15.4 Å². The number of carbonyl (C=O) groups is 1. The van der Waals surface area contributed by atoms with Crippen molar-refractivity contribution in [1.29, 1.82) is 0 Å². The fourth-order valence-electron chi connectivity index (χ4n) is 3.13. The third-order valence-corrected chi connectivity index (χ3v) is 4.62. The minimum atomic E-state index is -0.933. The Labute approximate surface area is 169 Å². The summed E-state index contributed by atoms with van der Waals surface area (Å²) in [5.41, 5.74) is 0.476. The van der Waals surface area contributed by atoms with Gasteiger partial charge < -0.3 is 5.32 Å². The van der Waals surface area contributed by atoms with Gasteiger partial charge in [0.2, 0.25) is 0 Å². The lowest BCUT2D eigenvalue weighted by Gasteiger charge is -2.08. The predicted molar refractivity (Wildman–Crippen MR) is 106 cm³/mol. The van der Waals surface area contributed by atoms with E-state index >= 15 is 0 Å². The second-order valence-corrected chi connectivity index (χ2v) is 6.62. The molecule has 0 atom stereocenters. The summed E-state index contributed by atoms with van der Waals surface area (Å²) < 4.78 is 30.3. The molecule has 4 rings (SSSR count). The molecule has 2 aromatic carbocycles. The van der Waals surface area contributed by atoms with Gasteiger partial charge in [0.1, 0.15) is 28.9 Å². The molecular weight excluding hydrogens is 392 g/mol. The first-order chi connectivity index (χ1) is 14.5. The van der Waals surface area contributed by atoms with Crippen LogP contribution < -0.4 is 10.9 Å². The van der Waals surface area contributed by atoms with Crippen molar-refractivity contribution in [2.75, 3.05) is 6.54 Å². The highest BCUT2D eigenvalue weighted by Gasteiger charge is 2.17. The van der Waals surface area contributed by atoms with Crippen LogP contribution in [0.4, 0.5) is 8.78 Å². The fraction of sp³-hybridized carbons (Fsp3) is 0.143. The van der Waals surface area contributed by atoms with Crippen LogP contribution in [0.15, 0.2) is 65.8 Å². The summed E-state index contributed by atoms with van der Waals surface area (Å²) in [4.78, 5) is 29.1. The minimum Gasteiger partial charge on any atom is -0.350 e. The number of aromatic nitrogens is 4. The number of nitrogens with zero attached hydrogens (tertiary/aromatic N) is 4. The van der Waals surface area contributed by atoms with E-state index in [9.17, 15) is 18.4 Å². The van der Waals surface area contributed by atoms with Crippen LogP contribution in [0.25, 0.3) is 11.0 Å². The maximum absolute atomic E-state index is 13.7. The Bertz CT molecular complexity index is 1250. The average molecular weight is 409 g/mol. The molecule has 1 amide bonds. The maximum Gasteiger partial charge on any atom is 0.264 e. The van der Waals surface area contributed by atoms with E-state index in [0.717, 1.165) is 17.7 Å². The molecule has 0 saturated carbocycles. The highest BCUT2D eigenvalue weighted by atomic mass is 19.1. The first kappa shape index (κ1) is 19.4. The number of amides is 1. The molecule has 7 nitrogen and oxygen atoms in total. The van der Waals surface area contributed by atoms with Crippen molar-refractivity contribution in [2.24, 2.45) is 0 Å². The van der Waals surface area contributed by atoms with E-state index in [-0.39, 0.29) is 18.6 Å². The molecule has 0 unspecified atom stereocenters. The van der Waals surface area contributed by atoms with Gasteiger partial charge in [0.25, 0.3) is 11.5 Å². The van der Waals surface area contributed by atoms with Crippen molar-refractivity contribution < 1.29 is 13.6 Å². The molecule has 30 heavy (non-hydrogen) atoms. The second-order valence-electron chi connectivity index (χ2n) is 6.62. The Morgan fingerprint density at radius 1 is 1.03 bits per heavy atom. The van der Waals surface area contributed by atoms with E-state index in [1.54, 1.807) is 0 Å². The Balaban J connectivity index is 1.47. The van der Waals surface area contributed by atoms with Crippen LogP contribution in [-0.4, -0.2) is 31.8 Å². The van der Waals surface area contributed by atoms with Gasteiger partial charge in [0, 0.05) is 6.54 Å². The van der Waals surface area contributed by atoms with Gasteiger partial charge >= 0.3 is 0 Å². The molecule has 0 bridgehead atoms. The Hall–Kier alpha value is -3.88. The monoisotopic (exact) mass is 409 g/mol. The van der Waals surface area contributed by atoms with Crippen LogP contribution in [0.3, 0.4) is 0 Å². The zero-order chi connectivity index (χ0) is 21.1. The SMILES string of the molecule is O=C(NCCn1ncc2c(=O)n(Cc3ccccc3)cnc21)c1c(F)cccc1F. The summed E-state index contributed by atoms with van der Waals surface area (Å²) in [6.07, 6.45) is 2.87. The van der Waals surface area contributed by atoms with Crippen LogP contribution in [0.5, 0.6) is 0 Å². The molecule has 4 aromatic rings. The number of rotatable bonds is 6. The van der Waals surface area contributed by atoms with Gasteiger partial charge in [0.05, 0.1) is 19.3 Å². The Morgan fingerprint density at radius 2 is 1.77 bits per heavy atom. The van der Waals surface area contributed by atoms with Crippen molar-refractivity contribution in [1.82, 2.24) is 24.6 Å². The largest absolute Gasteiger partial charge is 0.350 e. The normalized spacial score (nSPS) is 11.0. The summed E-state index contributed by atoms with van der Waals surface area (Å²) >= 11 is 0. The van der Waals surface area contributed by atoms with Crippen molar-refractivity contribution >= 4 is 16.9 Å². The van der Waals surface area contributed by atoms with Crippen LogP contribution >= 0.6 is 0 Å². The number of halogens is 2. The predicted octanol–water partition coefficient (Wildman–Crippen LogP) is 2.35. The molecular formula is C21H17F2N5O2. The van der Waals surface area contributed by atoms with Gasteiger partial charge in [-0.05, 0) is 17.7 Å². The Kier molecular flexibility index (Phi) is 5.34. The Morgan fingerprint density at radius 3 is 2.50 bits per heavy atom. The average Bonchev–Trinajstić information content (AvgIpc) is 3.14. The number of hydrogen-bond donors (Lipinski definition) is 1. The molecule has 0 aliphatic heterocycles. The molecule has 0 radical (unpaired) electrons. The summed E-state index contributed by atoms with van der Waals surface area (Å²) in [6.45, 7) is 0.622. The van der Waals surface area contributed by atoms with E-state index in [1.165, 1.54) is 27.8 Å². The van der Waals surface area contributed by atoms with Crippen LogP contribution in [0.2, 0.25) is 0 Å². The lowest BCUT2D eigenvalue weighted by atomic mass is 10.2. The molecule has 2 heterocycles. The van der Waals surface area contributed by atoms with Gasteiger partial charge in [-0.25, -0.2) is 18.4 Å². The van der Waals surface area contributed by atoms with Crippen molar-refractivity contribution in [3.05, 3.63) is 94.2 Å². The van der Waals surface area contributed by atoms with Gasteiger partial charge in [-0.2, -0.15) is 5.10 Å². The third kappa shape index (κ3) is 3.82. The van der Waals surface area contributed by atoms with Crippen molar-refractivity contribution in [3.63, 3.8) is 0 Å². The topological polar surface area (TPSA) is 81.8 Å². The van der Waals surface area contributed by atoms with Crippen LogP contribution in [0.1, 0.15) is 15.9 Å². The molecule has 1 N–H and O–H groups in total. The molecule has 0 fully saturated rings. The zero-order valence-electron chi connectivity index (χ0n) is 15.8. The highest BCUT2D eigenvalue weighted by molar-refractivity contribution is 5.94.